The van der Waals surface area contributed by atoms with Gasteiger partial charge in [-0.3, -0.25) is 0 Å². The van der Waals surface area contributed by atoms with Crippen LogP contribution in [0.25, 0.3) is 0 Å². The number of rotatable bonds is 7. The number of hydrogen-bond donors (Lipinski definition) is 1. The van der Waals surface area contributed by atoms with Crippen molar-refractivity contribution in [3.8, 4) is 0 Å². The summed E-state index contributed by atoms with van der Waals surface area (Å²) in [6, 6.07) is 10.2. The maximum atomic E-state index is 12.1. The Bertz CT molecular complexity index is 573. The molecule has 1 aliphatic heterocycles. The van der Waals surface area contributed by atoms with Gasteiger partial charge in [0.1, 0.15) is 0 Å². The number of esters is 1. The van der Waals surface area contributed by atoms with Crippen LogP contribution in [0.4, 0.5) is 0 Å². The van der Waals surface area contributed by atoms with Gasteiger partial charge in [-0.1, -0.05) is 0 Å². The number of aliphatic hydroxyl groups is 1. The van der Waals surface area contributed by atoms with Crippen LogP contribution in [0.3, 0.4) is 0 Å². The number of benzene rings is 1. The molecule has 0 spiro atoms. The van der Waals surface area contributed by atoms with Crippen LogP contribution in [-0.2, 0) is 14.3 Å². The van der Waals surface area contributed by atoms with Crippen LogP contribution in [-0.4, -0.2) is 54.9 Å². The van der Waals surface area contributed by atoms with Crippen molar-refractivity contribution in [1.29, 1.82) is 0 Å². The molecular formula is C17H21NO4Se. The second-order valence-corrected chi connectivity index (χ2v) is 7.76. The molecule has 1 heterocycles. The Balaban J connectivity index is 1.96. The third kappa shape index (κ3) is 4.85. The molecule has 5 nitrogen and oxygen atoms in total. The molecule has 1 atom stereocenters. The SMILES string of the molecule is CCOC(=O)/C(=C\O)CCN1C(=O)CCC1[Se]c1ccccc1. The molecule has 1 amide bonds. The Labute approximate surface area is 142 Å². The van der Waals surface area contributed by atoms with Crippen molar-refractivity contribution in [2.24, 2.45) is 0 Å². The van der Waals surface area contributed by atoms with Crippen molar-refractivity contribution in [2.45, 2.75) is 31.1 Å². The average Bonchev–Trinajstić information content (AvgIpc) is 2.90. The van der Waals surface area contributed by atoms with Gasteiger partial charge in [-0.25, -0.2) is 0 Å². The van der Waals surface area contributed by atoms with Crippen molar-refractivity contribution < 1.29 is 19.4 Å². The normalized spacial score (nSPS) is 18.3. The van der Waals surface area contributed by atoms with Gasteiger partial charge in [0.05, 0.1) is 0 Å². The molecule has 6 heteroatoms. The van der Waals surface area contributed by atoms with Crippen LogP contribution >= 0.6 is 0 Å². The van der Waals surface area contributed by atoms with Crippen molar-refractivity contribution in [2.75, 3.05) is 13.2 Å². The van der Waals surface area contributed by atoms with E-state index < -0.39 is 5.97 Å². The van der Waals surface area contributed by atoms with Gasteiger partial charge < -0.3 is 0 Å². The predicted octanol–water partition coefficient (Wildman–Crippen LogP) is 1.36. The summed E-state index contributed by atoms with van der Waals surface area (Å²) in [7, 11) is 0. The molecule has 1 aromatic carbocycles. The molecule has 0 saturated carbocycles. The zero-order chi connectivity index (χ0) is 16.7. The van der Waals surface area contributed by atoms with Crippen molar-refractivity contribution >= 4 is 31.3 Å². The summed E-state index contributed by atoms with van der Waals surface area (Å²) in [6.07, 6.45) is 2.50. The molecule has 1 N–H and O–H groups in total. The number of ether oxygens (including phenoxy) is 1. The van der Waals surface area contributed by atoms with E-state index in [0.717, 1.165) is 12.7 Å². The standard InChI is InChI=1S/C17H21NO4Se/c1-2-22-17(21)13(12-19)10-11-18-15(20)8-9-16(18)23-14-6-4-3-5-7-14/h3-7,12,16,19H,2,8-11H2,1H3/b13-12-. The number of carbonyl (C=O) groups excluding carboxylic acids is 2. The minimum absolute atomic E-state index is 0.119. The van der Waals surface area contributed by atoms with Crippen LogP contribution in [0.1, 0.15) is 26.2 Å². The van der Waals surface area contributed by atoms with Crippen molar-refractivity contribution in [1.82, 2.24) is 4.90 Å². The van der Waals surface area contributed by atoms with E-state index >= 15 is 0 Å². The molecular weight excluding hydrogens is 361 g/mol. The predicted molar refractivity (Wildman–Crippen MR) is 88.5 cm³/mol. The fourth-order valence-corrected chi connectivity index (χ4v) is 4.99. The van der Waals surface area contributed by atoms with Gasteiger partial charge >= 0.3 is 142 Å². The molecule has 1 aromatic rings. The molecule has 0 radical (unpaired) electrons. The summed E-state index contributed by atoms with van der Waals surface area (Å²) in [5, 5.41) is 9.20. The van der Waals surface area contributed by atoms with Crippen molar-refractivity contribution in [3.05, 3.63) is 42.2 Å². The van der Waals surface area contributed by atoms with Gasteiger partial charge in [0.2, 0.25) is 0 Å². The fourth-order valence-electron chi connectivity index (χ4n) is 2.44. The Hall–Kier alpha value is -1.78. The van der Waals surface area contributed by atoms with Gasteiger partial charge in [-0.05, 0) is 0 Å². The summed E-state index contributed by atoms with van der Waals surface area (Å²) in [6.45, 7) is 2.41. The summed E-state index contributed by atoms with van der Waals surface area (Å²) >= 11 is 0.181. The van der Waals surface area contributed by atoms with Crippen LogP contribution in [0, 0.1) is 0 Å². The number of likely N-dealkylation sites (tertiary alicyclic amines) is 1. The van der Waals surface area contributed by atoms with Gasteiger partial charge in [-0.2, -0.15) is 0 Å². The van der Waals surface area contributed by atoms with Crippen molar-refractivity contribution in [3.63, 3.8) is 0 Å². The Kier molecular flexibility index (Phi) is 6.68. The summed E-state index contributed by atoms with van der Waals surface area (Å²) < 4.78 is 6.15. The monoisotopic (exact) mass is 383 g/mol. The quantitative estimate of drug-likeness (QED) is 0.335. The van der Waals surface area contributed by atoms with E-state index in [4.69, 9.17) is 4.74 Å². The van der Waals surface area contributed by atoms with E-state index in [9.17, 15) is 14.7 Å². The first-order valence-electron chi connectivity index (χ1n) is 7.67. The molecule has 0 aromatic heterocycles. The number of aliphatic hydroxyl groups excluding tert-OH is 1. The van der Waals surface area contributed by atoms with Crippen LogP contribution < -0.4 is 4.46 Å². The molecule has 0 aliphatic carbocycles. The average molecular weight is 382 g/mol. The summed E-state index contributed by atoms with van der Waals surface area (Å²) in [4.78, 5) is 25.8. The topological polar surface area (TPSA) is 66.8 Å². The Morgan fingerprint density at radius 1 is 1.43 bits per heavy atom. The first kappa shape index (κ1) is 17.6. The van der Waals surface area contributed by atoms with E-state index in [2.05, 4.69) is 12.1 Å². The number of amides is 1. The molecule has 2 rings (SSSR count). The first-order chi connectivity index (χ1) is 11.2. The Morgan fingerprint density at radius 3 is 2.83 bits per heavy atom. The molecule has 1 unspecified atom stereocenters. The van der Waals surface area contributed by atoms with Gasteiger partial charge in [0, 0.05) is 0 Å². The second-order valence-electron chi connectivity index (χ2n) is 5.14. The Morgan fingerprint density at radius 2 is 2.17 bits per heavy atom. The molecule has 124 valence electrons. The van der Waals surface area contributed by atoms with E-state index in [-0.39, 0.29) is 38.0 Å². The van der Waals surface area contributed by atoms with Gasteiger partial charge in [0.25, 0.3) is 0 Å². The third-order valence-electron chi connectivity index (χ3n) is 3.60. The summed E-state index contributed by atoms with van der Waals surface area (Å²) in [5.74, 6) is -0.402. The van der Waals surface area contributed by atoms with Gasteiger partial charge in [-0.15, -0.1) is 0 Å². The number of carbonyl (C=O) groups is 2. The van der Waals surface area contributed by atoms with E-state index in [1.54, 1.807) is 6.92 Å². The molecule has 1 saturated heterocycles. The second kappa shape index (κ2) is 8.75. The fraction of sp³-hybridized carbons (Fsp3) is 0.412. The van der Waals surface area contributed by atoms with E-state index in [1.165, 1.54) is 4.46 Å². The van der Waals surface area contributed by atoms with Crippen LogP contribution in [0.5, 0.6) is 0 Å². The van der Waals surface area contributed by atoms with Crippen LogP contribution in [0.15, 0.2) is 42.2 Å². The van der Waals surface area contributed by atoms with Gasteiger partial charge in [0.15, 0.2) is 0 Å². The third-order valence-corrected chi connectivity index (χ3v) is 6.35. The van der Waals surface area contributed by atoms with Crippen LogP contribution in [0.2, 0.25) is 0 Å². The molecule has 23 heavy (non-hydrogen) atoms. The number of hydrogen-bond acceptors (Lipinski definition) is 4. The molecule has 1 fully saturated rings. The molecule has 1 aliphatic rings. The van der Waals surface area contributed by atoms with E-state index in [1.807, 2.05) is 23.1 Å². The van der Waals surface area contributed by atoms with E-state index in [0.29, 0.717) is 19.4 Å². The minimum atomic E-state index is -0.522. The first-order valence-corrected chi connectivity index (χ1v) is 9.51. The summed E-state index contributed by atoms with van der Waals surface area (Å²) in [5.41, 5.74) is 0.206. The molecule has 0 bridgehead atoms. The number of nitrogens with zero attached hydrogens (tertiary/aromatic N) is 1. The maximum absolute atomic E-state index is 12.1. The zero-order valence-corrected chi connectivity index (χ0v) is 14.8. The zero-order valence-electron chi connectivity index (χ0n) is 13.1.